The molecule has 1 aliphatic rings. The molecule has 3 nitrogen and oxygen atoms in total. The molecule has 2 unspecified atom stereocenters. The third kappa shape index (κ3) is 3.61. The van der Waals surface area contributed by atoms with Crippen LogP contribution in [0.2, 0.25) is 5.02 Å². The van der Waals surface area contributed by atoms with Crippen LogP contribution in [0.4, 0.5) is 13.2 Å². The number of rotatable bonds is 4. The number of alkyl halides is 3. The molecule has 1 aromatic carbocycles. The van der Waals surface area contributed by atoms with Crippen molar-refractivity contribution in [2.75, 3.05) is 6.54 Å². The monoisotopic (exact) mass is 403 g/mol. The van der Waals surface area contributed by atoms with Crippen molar-refractivity contribution in [1.29, 1.82) is 0 Å². The molecule has 26 heavy (non-hydrogen) atoms. The lowest BCUT2D eigenvalue weighted by Crippen LogP contribution is -2.39. The summed E-state index contributed by atoms with van der Waals surface area (Å²) in [6, 6.07) is 4.46. The first kappa shape index (κ1) is 19.2. The van der Waals surface area contributed by atoms with Crippen molar-refractivity contribution < 1.29 is 23.1 Å². The van der Waals surface area contributed by atoms with Crippen LogP contribution in [0.25, 0.3) is 0 Å². The molecule has 8 heteroatoms. The van der Waals surface area contributed by atoms with Crippen molar-refractivity contribution in [1.82, 2.24) is 4.90 Å². The average Bonchev–Trinajstić information content (AvgIpc) is 3.18. The number of carboxylic acids is 1. The van der Waals surface area contributed by atoms with Crippen molar-refractivity contribution >= 4 is 28.9 Å². The quantitative estimate of drug-likeness (QED) is 0.746. The number of likely N-dealkylation sites (tertiary alicyclic amines) is 1. The number of carboxylic acid groups (broad SMARTS) is 1. The number of hydrogen-bond donors (Lipinski definition) is 1. The number of hydrogen-bond acceptors (Lipinski definition) is 3. The molecule has 0 amide bonds. The van der Waals surface area contributed by atoms with E-state index >= 15 is 0 Å². The lowest BCUT2D eigenvalue weighted by molar-refractivity contribution is -0.143. The summed E-state index contributed by atoms with van der Waals surface area (Å²) in [5, 5.41) is 11.0. The zero-order chi connectivity index (χ0) is 19.1. The largest absolute Gasteiger partial charge is 0.480 e. The van der Waals surface area contributed by atoms with Crippen LogP contribution in [0, 0.1) is 6.92 Å². The Hall–Kier alpha value is -1.57. The summed E-state index contributed by atoms with van der Waals surface area (Å²) in [4.78, 5) is 14.3. The normalized spacial score (nSPS) is 19.7. The molecule has 1 saturated heterocycles. The number of aryl methyl sites for hydroxylation is 1. The first-order valence-corrected chi connectivity index (χ1v) is 9.35. The first-order chi connectivity index (χ1) is 12.2. The highest BCUT2D eigenvalue weighted by Crippen LogP contribution is 2.42. The van der Waals surface area contributed by atoms with Crippen molar-refractivity contribution in [3.05, 3.63) is 56.2 Å². The van der Waals surface area contributed by atoms with Gasteiger partial charge in [0, 0.05) is 11.4 Å². The Balaban J connectivity index is 2.14. The van der Waals surface area contributed by atoms with E-state index in [4.69, 9.17) is 11.6 Å². The molecule has 1 aromatic heterocycles. The smallest absolute Gasteiger partial charge is 0.417 e. The lowest BCUT2D eigenvalue weighted by Gasteiger charge is -2.32. The van der Waals surface area contributed by atoms with Gasteiger partial charge in [0.1, 0.15) is 6.04 Å². The van der Waals surface area contributed by atoms with Gasteiger partial charge in [-0.3, -0.25) is 9.69 Å². The Kier molecular flexibility index (Phi) is 5.33. The number of carbonyl (C=O) groups is 1. The fraction of sp³-hybridized carbons (Fsp3) is 0.389. The van der Waals surface area contributed by atoms with Crippen LogP contribution in [0.1, 0.15) is 40.5 Å². The number of benzene rings is 1. The summed E-state index contributed by atoms with van der Waals surface area (Å²) in [5.41, 5.74) is 0.432. The maximum absolute atomic E-state index is 13.3. The number of aliphatic carboxylic acids is 1. The number of nitrogens with zero attached hydrogens (tertiary/aromatic N) is 1. The highest BCUT2D eigenvalue weighted by atomic mass is 35.5. The molecule has 0 bridgehead atoms. The maximum atomic E-state index is 13.3. The lowest BCUT2D eigenvalue weighted by atomic mass is 9.98. The van der Waals surface area contributed by atoms with E-state index in [0.29, 0.717) is 24.9 Å². The predicted molar refractivity (Wildman–Crippen MR) is 94.7 cm³/mol. The zero-order valence-electron chi connectivity index (χ0n) is 13.9. The third-order valence-electron chi connectivity index (χ3n) is 4.67. The second-order valence-corrected chi connectivity index (χ2v) is 7.70. The summed E-state index contributed by atoms with van der Waals surface area (Å²) in [6.45, 7) is 2.40. The molecule has 2 aromatic rings. The Bertz CT molecular complexity index is 821. The molecule has 0 aliphatic carbocycles. The van der Waals surface area contributed by atoms with Crippen molar-refractivity contribution in [3.8, 4) is 0 Å². The molecule has 1 fully saturated rings. The van der Waals surface area contributed by atoms with Gasteiger partial charge in [0.15, 0.2) is 0 Å². The highest BCUT2D eigenvalue weighted by Gasteiger charge is 2.39. The first-order valence-electron chi connectivity index (χ1n) is 8.09. The van der Waals surface area contributed by atoms with Gasteiger partial charge in [0.25, 0.3) is 0 Å². The van der Waals surface area contributed by atoms with Gasteiger partial charge in [-0.1, -0.05) is 17.7 Å². The Labute approximate surface area is 158 Å². The predicted octanol–water partition coefficient (Wildman–Crippen LogP) is 5.37. The summed E-state index contributed by atoms with van der Waals surface area (Å²) in [6.07, 6.45) is -3.40. The summed E-state index contributed by atoms with van der Waals surface area (Å²) in [7, 11) is 0. The van der Waals surface area contributed by atoms with Gasteiger partial charge in [-0.05, 0) is 54.5 Å². The molecular formula is C18H17ClF3NO2S. The van der Waals surface area contributed by atoms with E-state index < -0.39 is 29.8 Å². The highest BCUT2D eigenvalue weighted by molar-refractivity contribution is 7.10. The van der Waals surface area contributed by atoms with E-state index in [9.17, 15) is 23.1 Å². The second-order valence-electron chi connectivity index (χ2n) is 6.34. The van der Waals surface area contributed by atoms with Crippen LogP contribution in [0.5, 0.6) is 0 Å². The molecule has 0 saturated carbocycles. The summed E-state index contributed by atoms with van der Waals surface area (Å²) < 4.78 is 39.9. The van der Waals surface area contributed by atoms with Gasteiger partial charge in [0.05, 0.1) is 16.6 Å². The molecule has 1 N–H and O–H groups in total. The van der Waals surface area contributed by atoms with E-state index in [-0.39, 0.29) is 5.02 Å². The molecule has 2 heterocycles. The minimum atomic E-state index is -4.57. The molecule has 2 atom stereocenters. The third-order valence-corrected chi connectivity index (χ3v) is 6.07. The number of halogens is 4. The average molecular weight is 404 g/mol. The Morgan fingerprint density at radius 3 is 2.69 bits per heavy atom. The second kappa shape index (κ2) is 7.21. The molecule has 3 rings (SSSR count). The SMILES string of the molecule is Cc1ccsc1C(c1ccc(Cl)c(C(F)(F)F)c1)N1CCCC1C(=O)O. The van der Waals surface area contributed by atoms with Gasteiger partial charge in [-0.15, -0.1) is 11.3 Å². The van der Waals surface area contributed by atoms with Gasteiger partial charge in [-0.25, -0.2) is 0 Å². The van der Waals surface area contributed by atoms with E-state index in [1.54, 1.807) is 11.0 Å². The van der Waals surface area contributed by atoms with Gasteiger partial charge < -0.3 is 5.11 Å². The number of thiophene rings is 1. The van der Waals surface area contributed by atoms with E-state index in [1.807, 2.05) is 18.4 Å². The van der Waals surface area contributed by atoms with Gasteiger partial charge in [-0.2, -0.15) is 13.2 Å². The maximum Gasteiger partial charge on any atom is 0.417 e. The van der Waals surface area contributed by atoms with Crippen molar-refractivity contribution in [3.63, 3.8) is 0 Å². The fourth-order valence-electron chi connectivity index (χ4n) is 3.45. The molecule has 1 aliphatic heterocycles. The zero-order valence-corrected chi connectivity index (χ0v) is 15.5. The molecule has 0 radical (unpaired) electrons. The molecule has 0 spiro atoms. The summed E-state index contributed by atoms with van der Waals surface area (Å²) >= 11 is 7.18. The van der Waals surface area contributed by atoms with Crippen LogP contribution in [-0.2, 0) is 11.0 Å². The van der Waals surface area contributed by atoms with Crippen LogP contribution < -0.4 is 0 Å². The Morgan fingerprint density at radius 1 is 1.38 bits per heavy atom. The topological polar surface area (TPSA) is 40.5 Å². The van der Waals surface area contributed by atoms with Crippen LogP contribution in [0.3, 0.4) is 0 Å². The van der Waals surface area contributed by atoms with E-state index in [0.717, 1.165) is 16.5 Å². The minimum absolute atomic E-state index is 0.362. The van der Waals surface area contributed by atoms with Gasteiger partial charge in [0.2, 0.25) is 0 Å². The van der Waals surface area contributed by atoms with Crippen molar-refractivity contribution in [2.24, 2.45) is 0 Å². The van der Waals surface area contributed by atoms with Crippen LogP contribution in [-0.4, -0.2) is 28.6 Å². The van der Waals surface area contributed by atoms with E-state index in [1.165, 1.54) is 17.4 Å². The van der Waals surface area contributed by atoms with Crippen molar-refractivity contribution in [2.45, 2.75) is 38.0 Å². The Morgan fingerprint density at radius 2 is 2.12 bits per heavy atom. The van der Waals surface area contributed by atoms with Crippen LogP contribution in [0.15, 0.2) is 29.6 Å². The standard InChI is InChI=1S/C18H17ClF3NO2S/c1-10-6-8-26-16(10)15(23-7-2-3-14(23)17(24)25)11-4-5-13(19)12(9-11)18(20,21)22/h4-6,8-9,14-15H,2-3,7H2,1H3,(H,24,25). The fourth-order valence-corrected chi connectivity index (χ4v) is 4.75. The molecule has 140 valence electrons. The van der Waals surface area contributed by atoms with E-state index in [2.05, 4.69) is 0 Å². The summed E-state index contributed by atoms with van der Waals surface area (Å²) in [5.74, 6) is -0.952. The van der Waals surface area contributed by atoms with Gasteiger partial charge >= 0.3 is 12.1 Å². The molecular weight excluding hydrogens is 387 g/mol. The minimum Gasteiger partial charge on any atom is -0.480 e. The van der Waals surface area contributed by atoms with Crippen LogP contribution >= 0.6 is 22.9 Å².